The van der Waals surface area contributed by atoms with Crippen LogP contribution in [0, 0.1) is 0 Å². The van der Waals surface area contributed by atoms with Gasteiger partial charge in [0, 0.05) is 17.1 Å². The van der Waals surface area contributed by atoms with Gasteiger partial charge in [-0.1, -0.05) is 29.8 Å². The predicted octanol–water partition coefficient (Wildman–Crippen LogP) is 5.05. The molecule has 0 unspecified atom stereocenters. The molecule has 0 saturated carbocycles. The number of amides is 2. The Morgan fingerprint density at radius 2 is 1.88 bits per heavy atom. The van der Waals surface area contributed by atoms with E-state index in [4.69, 9.17) is 25.8 Å². The zero-order valence-corrected chi connectivity index (χ0v) is 19.4. The minimum absolute atomic E-state index is 0.150. The third kappa shape index (κ3) is 5.32. The number of ether oxygens (including phenoxy) is 3. The Bertz CT molecular complexity index is 1250. The molecule has 1 aliphatic rings. The molecule has 0 radical (unpaired) electrons. The zero-order chi connectivity index (χ0) is 24.1. The molecule has 34 heavy (non-hydrogen) atoms. The van der Waals surface area contributed by atoms with Crippen LogP contribution in [0.4, 0.5) is 5.69 Å². The lowest BCUT2D eigenvalue weighted by atomic mass is 10.1. The first-order chi connectivity index (χ1) is 16.5. The first-order valence-corrected chi connectivity index (χ1v) is 11.0. The van der Waals surface area contributed by atoms with Crippen LogP contribution in [0.5, 0.6) is 17.2 Å². The van der Waals surface area contributed by atoms with Gasteiger partial charge in [0.15, 0.2) is 23.0 Å². The maximum atomic E-state index is 12.7. The maximum Gasteiger partial charge on any atom is 0.291 e. The summed E-state index contributed by atoms with van der Waals surface area (Å²) in [7, 11) is 1.57. The first kappa shape index (κ1) is 23.2. The van der Waals surface area contributed by atoms with Gasteiger partial charge in [-0.15, -0.1) is 0 Å². The van der Waals surface area contributed by atoms with Crippen LogP contribution in [-0.4, -0.2) is 25.5 Å². The summed E-state index contributed by atoms with van der Waals surface area (Å²) < 4.78 is 16.6. The van der Waals surface area contributed by atoms with Gasteiger partial charge >= 0.3 is 0 Å². The van der Waals surface area contributed by atoms with Crippen molar-refractivity contribution >= 4 is 35.2 Å². The number of hydrogen-bond acceptors (Lipinski definition) is 5. The van der Waals surface area contributed by atoms with Gasteiger partial charge in [-0.2, -0.15) is 0 Å². The smallest absolute Gasteiger partial charge is 0.291 e. The lowest BCUT2D eigenvalue weighted by Crippen LogP contribution is -2.25. The van der Waals surface area contributed by atoms with Crippen molar-refractivity contribution in [2.24, 2.45) is 0 Å². The molecule has 0 bridgehead atoms. The number of anilines is 1. The zero-order valence-electron chi connectivity index (χ0n) is 18.7. The molecule has 0 fully saturated rings. The van der Waals surface area contributed by atoms with E-state index in [1.165, 1.54) is 0 Å². The molecule has 3 aromatic carbocycles. The molecule has 0 aromatic heterocycles. The van der Waals surface area contributed by atoms with Crippen LogP contribution in [-0.2, 0) is 11.3 Å². The third-order valence-electron chi connectivity index (χ3n) is 5.08. The summed E-state index contributed by atoms with van der Waals surface area (Å²) in [5.41, 5.74) is 2.46. The minimum atomic E-state index is -0.401. The molecule has 8 heteroatoms. The van der Waals surface area contributed by atoms with Crippen molar-refractivity contribution in [2.45, 2.75) is 13.5 Å². The van der Waals surface area contributed by atoms with E-state index in [1.54, 1.807) is 55.7 Å². The molecule has 7 nitrogen and oxygen atoms in total. The van der Waals surface area contributed by atoms with E-state index >= 15 is 0 Å². The Kier molecular flexibility index (Phi) is 7.04. The van der Waals surface area contributed by atoms with Crippen molar-refractivity contribution in [1.82, 2.24) is 5.32 Å². The average Bonchev–Trinajstić information content (AvgIpc) is 2.84. The molecule has 1 heterocycles. The minimum Gasteiger partial charge on any atom is -0.493 e. The number of nitrogens with one attached hydrogen (secondary N) is 2. The van der Waals surface area contributed by atoms with Crippen LogP contribution in [0.1, 0.15) is 28.4 Å². The second-order valence-electron chi connectivity index (χ2n) is 7.43. The van der Waals surface area contributed by atoms with E-state index in [0.717, 1.165) is 11.1 Å². The Morgan fingerprint density at radius 3 is 2.62 bits per heavy atom. The van der Waals surface area contributed by atoms with Gasteiger partial charge in [0.05, 0.1) is 19.4 Å². The fourth-order valence-corrected chi connectivity index (χ4v) is 3.52. The molecule has 0 atom stereocenters. The Labute approximate surface area is 202 Å². The summed E-state index contributed by atoms with van der Waals surface area (Å²) in [6.07, 6.45) is 1.63. The highest BCUT2D eigenvalue weighted by atomic mass is 35.5. The fourth-order valence-electron chi connectivity index (χ4n) is 3.39. The molecule has 0 aliphatic carbocycles. The summed E-state index contributed by atoms with van der Waals surface area (Å²) in [6.45, 7) is 2.73. The van der Waals surface area contributed by atoms with Gasteiger partial charge in [0.2, 0.25) is 0 Å². The molecular weight excluding hydrogens is 456 g/mol. The highest BCUT2D eigenvalue weighted by molar-refractivity contribution is 6.30. The average molecular weight is 479 g/mol. The normalized spacial score (nSPS) is 13.5. The number of hydrogen-bond donors (Lipinski definition) is 2. The van der Waals surface area contributed by atoms with Crippen molar-refractivity contribution in [2.75, 3.05) is 19.0 Å². The van der Waals surface area contributed by atoms with E-state index in [1.807, 2.05) is 25.1 Å². The Morgan fingerprint density at radius 1 is 1.09 bits per heavy atom. The fraction of sp³-hybridized carbons (Fsp3) is 0.154. The van der Waals surface area contributed by atoms with Gasteiger partial charge in [-0.3, -0.25) is 9.59 Å². The van der Waals surface area contributed by atoms with Gasteiger partial charge in [-0.05, 0) is 66.6 Å². The van der Waals surface area contributed by atoms with Crippen molar-refractivity contribution < 1.29 is 23.8 Å². The molecule has 3 aromatic rings. The second kappa shape index (κ2) is 10.3. The van der Waals surface area contributed by atoms with Crippen LogP contribution in [0.3, 0.4) is 0 Å². The standard InChI is InChI=1S/C26H23ClN2O5/c1-3-33-22-10-6-17(13-23(22)32-2)15-28-25(30)18-7-11-21-20(14-18)29-26(31)24(34-21)12-16-4-8-19(27)9-5-16/h4-14H,3,15H2,1-2H3,(H,28,30)(H,29,31). The molecule has 2 amide bonds. The van der Waals surface area contributed by atoms with Gasteiger partial charge in [0.1, 0.15) is 0 Å². The van der Waals surface area contributed by atoms with Crippen molar-refractivity contribution in [3.63, 3.8) is 0 Å². The highest BCUT2D eigenvalue weighted by Gasteiger charge is 2.23. The quantitative estimate of drug-likeness (QED) is 0.464. The molecule has 4 rings (SSSR count). The summed E-state index contributed by atoms with van der Waals surface area (Å²) >= 11 is 5.90. The third-order valence-corrected chi connectivity index (χ3v) is 5.33. The second-order valence-corrected chi connectivity index (χ2v) is 7.86. The number of fused-ring (bicyclic) bond motifs is 1. The van der Waals surface area contributed by atoms with E-state index in [9.17, 15) is 9.59 Å². The molecule has 1 aliphatic heterocycles. The lowest BCUT2D eigenvalue weighted by molar-refractivity contribution is -0.115. The van der Waals surface area contributed by atoms with E-state index < -0.39 is 5.91 Å². The van der Waals surface area contributed by atoms with Crippen molar-refractivity contribution in [3.05, 3.63) is 88.1 Å². The Balaban J connectivity index is 1.44. The Hall–Kier alpha value is -3.97. The van der Waals surface area contributed by atoms with Crippen LogP contribution in [0.15, 0.2) is 66.4 Å². The molecular formula is C26H23ClN2O5. The monoisotopic (exact) mass is 478 g/mol. The molecule has 174 valence electrons. The summed E-state index contributed by atoms with van der Waals surface area (Å²) in [5.74, 6) is 1.16. The van der Waals surface area contributed by atoms with E-state index in [-0.39, 0.29) is 11.7 Å². The van der Waals surface area contributed by atoms with E-state index in [2.05, 4.69) is 10.6 Å². The number of carbonyl (C=O) groups is 2. The van der Waals surface area contributed by atoms with Gasteiger partial charge < -0.3 is 24.8 Å². The summed E-state index contributed by atoms with van der Waals surface area (Å²) in [5, 5.41) is 6.25. The number of benzene rings is 3. The summed E-state index contributed by atoms with van der Waals surface area (Å²) in [6, 6.07) is 17.4. The molecule has 0 saturated heterocycles. The molecule has 0 spiro atoms. The van der Waals surface area contributed by atoms with E-state index in [0.29, 0.717) is 46.7 Å². The number of methoxy groups -OCH3 is 1. The number of carbonyl (C=O) groups excluding carboxylic acids is 2. The summed E-state index contributed by atoms with van der Waals surface area (Å²) in [4.78, 5) is 25.2. The maximum absolute atomic E-state index is 12.7. The topological polar surface area (TPSA) is 85.9 Å². The predicted molar refractivity (Wildman–Crippen MR) is 130 cm³/mol. The van der Waals surface area contributed by atoms with Gasteiger partial charge in [0.25, 0.3) is 11.8 Å². The van der Waals surface area contributed by atoms with Crippen LogP contribution in [0.25, 0.3) is 6.08 Å². The molecule has 2 N–H and O–H groups in total. The van der Waals surface area contributed by atoms with Crippen LogP contribution < -0.4 is 24.8 Å². The van der Waals surface area contributed by atoms with Crippen LogP contribution >= 0.6 is 11.6 Å². The van der Waals surface area contributed by atoms with Gasteiger partial charge in [-0.25, -0.2) is 0 Å². The SMILES string of the molecule is CCOc1ccc(CNC(=O)c2ccc3c(c2)NC(=O)C(=Cc2ccc(Cl)cc2)O3)cc1OC. The number of rotatable bonds is 7. The van der Waals surface area contributed by atoms with Crippen molar-refractivity contribution in [3.8, 4) is 17.2 Å². The lowest BCUT2D eigenvalue weighted by Gasteiger charge is -2.20. The number of halogens is 1. The van der Waals surface area contributed by atoms with Crippen LogP contribution in [0.2, 0.25) is 5.02 Å². The van der Waals surface area contributed by atoms with Crippen molar-refractivity contribution in [1.29, 1.82) is 0 Å². The largest absolute Gasteiger partial charge is 0.493 e. The first-order valence-electron chi connectivity index (χ1n) is 10.6. The highest BCUT2D eigenvalue weighted by Crippen LogP contribution is 2.33.